The number of carbonyl (C=O) groups is 2. The largest absolute Gasteiger partial charge is 0.480 e. The third-order valence-corrected chi connectivity index (χ3v) is 3.03. The molecule has 0 fully saturated rings. The van der Waals surface area contributed by atoms with Crippen LogP contribution in [0.4, 0.5) is 5.69 Å². The van der Waals surface area contributed by atoms with E-state index in [-0.39, 0.29) is 12.5 Å². The minimum absolute atomic E-state index is 0.258. The number of nitrogens with one attached hydrogen (secondary N) is 1. The average Bonchev–Trinajstić information content (AvgIpc) is 2.79. The molecule has 0 saturated heterocycles. The van der Waals surface area contributed by atoms with Gasteiger partial charge >= 0.3 is 5.97 Å². The van der Waals surface area contributed by atoms with E-state index in [2.05, 4.69) is 10.4 Å². The minimum Gasteiger partial charge on any atom is -0.480 e. The number of nitrogens with zero attached hydrogens (tertiary/aromatic N) is 2. The third-order valence-electron chi connectivity index (χ3n) is 2.62. The fraction of sp³-hybridized carbons (Fsp3) is 0.154. The van der Waals surface area contributed by atoms with Crippen molar-refractivity contribution in [1.29, 1.82) is 0 Å². The van der Waals surface area contributed by atoms with Crippen molar-refractivity contribution in [3.05, 3.63) is 46.7 Å². The van der Waals surface area contributed by atoms with Crippen LogP contribution in [0.2, 0.25) is 5.02 Å². The summed E-state index contributed by atoms with van der Waals surface area (Å²) in [4.78, 5) is 22.5. The molecule has 1 heterocycles. The van der Waals surface area contributed by atoms with Crippen molar-refractivity contribution in [2.24, 2.45) is 0 Å². The van der Waals surface area contributed by atoms with Crippen molar-refractivity contribution < 1.29 is 14.7 Å². The fourth-order valence-corrected chi connectivity index (χ4v) is 1.77. The number of halogens is 1. The van der Waals surface area contributed by atoms with Gasteiger partial charge in [-0.2, -0.15) is 5.10 Å². The van der Waals surface area contributed by atoms with Gasteiger partial charge in [0, 0.05) is 16.8 Å². The van der Waals surface area contributed by atoms with Gasteiger partial charge in [0.25, 0.3) is 5.91 Å². The lowest BCUT2D eigenvalue weighted by atomic mass is 10.1. The summed E-state index contributed by atoms with van der Waals surface area (Å²) in [6.45, 7) is 1.59. The standard InChI is InChI=1S/C13H12ClN3O3/c1-8-2-3-9(4-11(8)14)13(20)16-10-5-15-17(6-10)7-12(18)19/h2-6H,7H2,1H3,(H,16,20)(H,18,19). The summed E-state index contributed by atoms with van der Waals surface area (Å²) >= 11 is 5.96. The van der Waals surface area contributed by atoms with Crippen LogP contribution in [0.25, 0.3) is 0 Å². The van der Waals surface area contributed by atoms with Crippen LogP contribution < -0.4 is 5.32 Å². The molecule has 0 saturated carbocycles. The smallest absolute Gasteiger partial charge is 0.325 e. The molecule has 2 N–H and O–H groups in total. The molecule has 0 radical (unpaired) electrons. The normalized spacial score (nSPS) is 10.3. The molecule has 20 heavy (non-hydrogen) atoms. The maximum absolute atomic E-state index is 12.0. The quantitative estimate of drug-likeness (QED) is 0.905. The first-order chi connectivity index (χ1) is 9.45. The molecule has 6 nitrogen and oxygen atoms in total. The highest BCUT2D eigenvalue weighted by Crippen LogP contribution is 2.17. The lowest BCUT2D eigenvalue weighted by molar-refractivity contribution is -0.137. The van der Waals surface area contributed by atoms with Gasteiger partial charge in [0.2, 0.25) is 0 Å². The molecule has 1 aromatic carbocycles. The first-order valence-electron chi connectivity index (χ1n) is 5.77. The van der Waals surface area contributed by atoms with Crippen LogP contribution in [0.3, 0.4) is 0 Å². The monoisotopic (exact) mass is 293 g/mol. The molecule has 2 aromatic rings. The zero-order valence-corrected chi connectivity index (χ0v) is 11.4. The lowest BCUT2D eigenvalue weighted by Crippen LogP contribution is -2.12. The van der Waals surface area contributed by atoms with Gasteiger partial charge in [0.05, 0.1) is 11.9 Å². The maximum atomic E-state index is 12.0. The molecule has 0 aliphatic heterocycles. The molecule has 0 bridgehead atoms. The fourth-order valence-electron chi connectivity index (χ4n) is 1.59. The number of rotatable bonds is 4. The van der Waals surface area contributed by atoms with E-state index >= 15 is 0 Å². The number of carboxylic acid groups (broad SMARTS) is 1. The SMILES string of the molecule is Cc1ccc(C(=O)Nc2cnn(CC(=O)O)c2)cc1Cl. The lowest BCUT2D eigenvalue weighted by Gasteiger charge is -2.04. The number of aliphatic carboxylic acids is 1. The number of carbonyl (C=O) groups excluding carboxylic acids is 1. The molecule has 104 valence electrons. The van der Waals surface area contributed by atoms with Gasteiger partial charge in [-0.05, 0) is 24.6 Å². The Morgan fingerprint density at radius 1 is 1.45 bits per heavy atom. The Morgan fingerprint density at radius 2 is 2.20 bits per heavy atom. The van der Waals surface area contributed by atoms with Gasteiger partial charge in [-0.1, -0.05) is 17.7 Å². The Kier molecular flexibility index (Phi) is 4.05. The van der Waals surface area contributed by atoms with Gasteiger partial charge in [0.1, 0.15) is 6.54 Å². The summed E-state index contributed by atoms with van der Waals surface area (Å²) in [5.41, 5.74) is 1.73. The van der Waals surface area contributed by atoms with E-state index < -0.39 is 5.97 Å². The van der Waals surface area contributed by atoms with Crippen LogP contribution in [0.1, 0.15) is 15.9 Å². The van der Waals surface area contributed by atoms with Crippen LogP contribution in [0, 0.1) is 6.92 Å². The highest BCUT2D eigenvalue weighted by atomic mass is 35.5. The number of hydrogen-bond acceptors (Lipinski definition) is 3. The van der Waals surface area contributed by atoms with Crippen molar-refractivity contribution in [3.8, 4) is 0 Å². The maximum Gasteiger partial charge on any atom is 0.325 e. The van der Waals surface area contributed by atoms with Gasteiger partial charge < -0.3 is 10.4 Å². The molecule has 0 unspecified atom stereocenters. The molecule has 0 aliphatic rings. The van der Waals surface area contributed by atoms with E-state index in [4.69, 9.17) is 16.7 Å². The predicted octanol–water partition coefficient (Wildman–Crippen LogP) is 2.18. The molecule has 0 aliphatic carbocycles. The van der Waals surface area contributed by atoms with Crippen molar-refractivity contribution in [3.63, 3.8) is 0 Å². The van der Waals surface area contributed by atoms with E-state index in [9.17, 15) is 9.59 Å². The predicted molar refractivity (Wildman–Crippen MR) is 74.0 cm³/mol. The second-order valence-electron chi connectivity index (χ2n) is 4.24. The average molecular weight is 294 g/mol. The van der Waals surface area contributed by atoms with Crippen molar-refractivity contribution >= 4 is 29.2 Å². The molecular formula is C13H12ClN3O3. The Bertz CT molecular complexity index is 667. The van der Waals surface area contributed by atoms with Crippen LogP contribution in [-0.4, -0.2) is 26.8 Å². The van der Waals surface area contributed by atoms with E-state index in [1.807, 2.05) is 6.92 Å². The highest BCUT2D eigenvalue weighted by Gasteiger charge is 2.09. The highest BCUT2D eigenvalue weighted by molar-refractivity contribution is 6.31. The molecule has 0 atom stereocenters. The second-order valence-corrected chi connectivity index (χ2v) is 4.65. The first-order valence-corrected chi connectivity index (χ1v) is 6.15. The Labute approximate surface area is 120 Å². The Hall–Kier alpha value is -2.34. The Morgan fingerprint density at radius 3 is 2.85 bits per heavy atom. The summed E-state index contributed by atoms with van der Waals surface area (Å²) in [6.07, 6.45) is 2.83. The van der Waals surface area contributed by atoms with E-state index in [1.54, 1.807) is 18.2 Å². The first kappa shape index (κ1) is 14.1. The van der Waals surface area contributed by atoms with Crippen molar-refractivity contribution in [1.82, 2.24) is 9.78 Å². The van der Waals surface area contributed by atoms with Gasteiger partial charge in [-0.3, -0.25) is 14.3 Å². The summed E-state index contributed by atoms with van der Waals surface area (Å²) in [6, 6.07) is 5.00. The van der Waals surface area contributed by atoms with Crippen molar-refractivity contribution in [2.75, 3.05) is 5.32 Å². The molecule has 1 amide bonds. The molecule has 1 aromatic heterocycles. The summed E-state index contributed by atoms with van der Waals surface area (Å²) in [5.74, 6) is -1.34. The van der Waals surface area contributed by atoms with Crippen LogP contribution in [0.5, 0.6) is 0 Å². The number of amides is 1. The van der Waals surface area contributed by atoms with E-state index in [1.165, 1.54) is 17.1 Å². The van der Waals surface area contributed by atoms with E-state index in [0.29, 0.717) is 16.3 Å². The topological polar surface area (TPSA) is 84.2 Å². The number of hydrogen-bond donors (Lipinski definition) is 2. The van der Waals surface area contributed by atoms with Gasteiger partial charge in [0.15, 0.2) is 0 Å². The summed E-state index contributed by atoms with van der Waals surface area (Å²) in [5, 5.41) is 15.6. The van der Waals surface area contributed by atoms with Crippen molar-refractivity contribution in [2.45, 2.75) is 13.5 Å². The van der Waals surface area contributed by atoms with E-state index in [0.717, 1.165) is 5.56 Å². The van der Waals surface area contributed by atoms with Crippen LogP contribution in [0.15, 0.2) is 30.6 Å². The number of carboxylic acids is 1. The Balaban J connectivity index is 2.09. The minimum atomic E-state index is -1.00. The summed E-state index contributed by atoms with van der Waals surface area (Å²) < 4.78 is 1.22. The zero-order chi connectivity index (χ0) is 14.7. The molecule has 2 rings (SSSR count). The number of benzene rings is 1. The third kappa shape index (κ3) is 3.36. The molecule has 0 spiro atoms. The number of anilines is 1. The molecular weight excluding hydrogens is 282 g/mol. The number of aromatic nitrogens is 2. The van der Waals surface area contributed by atoms with Crippen LogP contribution in [-0.2, 0) is 11.3 Å². The zero-order valence-electron chi connectivity index (χ0n) is 10.6. The summed E-state index contributed by atoms with van der Waals surface area (Å²) in [7, 11) is 0. The van der Waals surface area contributed by atoms with Gasteiger partial charge in [-0.25, -0.2) is 0 Å². The number of aryl methyl sites for hydroxylation is 1. The van der Waals surface area contributed by atoms with Gasteiger partial charge in [-0.15, -0.1) is 0 Å². The van der Waals surface area contributed by atoms with Crippen LogP contribution >= 0.6 is 11.6 Å². The second kappa shape index (κ2) is 5.75. The molecule has 7 heteroatoms.